The number of hydrogen-bond donors (Lipinski definition) is 0. The molecule has 1 aliphatic carbocycles. The van der Waals surface area contributed by atoms with E-state index in [1.54, 1.807) is 0 Å². The number of rotatable bonds is 0. The highest BCUT2D eigenvalue weighted by Gasteiger charge is 2.27. The summed E-state index contributed by atoms with van der Waals surface area (Å²) in [5.41, 5.74) is 4.57. The van der Waals surface area contributed by atoms with Gasteiger partial charge in [-0.25, -0.2) is 0 Å². The predicted octanol–water partition coefficient (Wildman–Crippen LogP) is 3.20. The standard InChI is InChI=1S/C12H13BrO/c1-7-3-4-8(2)11-9(7)5-6-10(13)12(11)14/h3-4,10H,5-6H2,1-2H3. The fourth-order valence-corrected chi connectivity index (χ4v) is 2.55. The number of carbonyl (C=O) groups is 1. The van der Waals surface area contributed by atoms with Crippen molar-refractivity contribution < 1.29 is 4.79 Å². The molecule has 1 nitrogen and oxygen atoms in total. The number of alkyl halides is 1. The van der Waals surface area contributed by atoms with Crippen molar-refractivity contribution in [1.82, 2.24) is 0 Å². The number of aryl methyl sites for hydroxylation is 2. The van der Waals surface area contributed by atoms with Crippen molar-refractivity contribution in [2.45, 2.75) is 31.5 Å². The first-order valence-corrected chi connectivity index (χ1v) is 5.80. The van der Waals surface area contributed by atoms with Gasteiger partial charge in [0, 0.05) is 5.56 Å². The zero-order valence-corrected chi connectivity index (χ0v) is 10.0. The molecule has 0 N–H and O–H groups in total. The van der Waals surface area contributed by atoms with Crippen molar-refractivity contribution in [3.63, 3.8) is 0 Å². The van der Waals surface area contributed by atoms with Crippen molar-refractivity contribution in [3.8, 4) is 0 Å². The van der Waals surface area contributed by atoms with E-state index < -0.39 is 0 Å². The van der Waals surface area contributed by atoms with Crippen LogP contribution in [-0.2, 0) is 6.42 Å². The molecule has 1 aromatic carbocycles. The zero-order chi connectivity index (χ0) is 10.3. The van der Waals surface area contributed by atoms with Crippen LogP contribution in [0.15, 0.2) is 12.1 Å². The van der Waals surface area contributed by atoms with Crippen LogP contribution in [0.1, 0.15) is 33.5 Å². The quantitative estimate of drug-likeness (QED) is 0.649. The second-order valence-electron chi connectivity index (χ2n) is 3.92. The van der Waals surface area contributed by atoms with Crippen LogP contribution >= 0.6 is 15.9 Å². The van der Waals surface area contributed by atoms with Crippen LogP contribution in [0.2, 0.25) is 0 Å². The molecule has 0 amide bonds. The molecule has 0 saturated carbocycles. The fraction of sp³-hybridized carbons (Fsp3) is 0.417. The van der Waals surface area contributed by atoms with E-state index in [2.05, 4.69) is 28.9 Å². The van der Waals surface area contributed by atoms with Gasteiger partial charge in [0.2, 0.25) is 0 Å². The molecule has 2 rings (SSSR count). The number of halogens is 1. The average Bonchev–Trinajstić information content (AvgIpc) is 2.16. The zero-order valence-electron chi connectivity index (χ0n) is 8.43. The first-order valence-electron chi connectivity index (χ1n) is 4.88. The Morgan fingerprint density at radius 3 is 2.64 bits per heavy atom. The van der Waals surface area contributed by atoms with Gasteiger partial charge in [0.25, 0.3) is 0 Å². The van der Waals surface area contributed by atoms with Crippen molar-refractivity contribution >= 4 is 21.7 Å². The van der Waals surface area contributed by atoms with Gasteiger partial charge in [-0.1, -0.05) is 28.1 Å². The summed E-state index contributed by atoms with van der Waals surface area (Å²) >= 11 is 3.43. The van der Waals surface area contributed by atoms with Crippen molar-refractivity contribution in [2.24, 2.45) is 0 Å². The van der Waals surface area contributed by atoms with Gasteiger partial charge in [-0.15, -0.1) is 0 Å². The smallest absolute Gasteiger partial charge is 0.177 e. The van der Waals surface area contributed by atoms with Gasteiger partial charge in [-0.05, 0) is 43.4 Å². The van der Waals surface area contributed by atoms with Crippen molar-refractivity contribution in [1.29, 1.82) is 0 Å². The Morgan fingerprint density at radius 2 is 1.93 bits per heavy atom. The molecule has 1 unspecified atom stereocenters. The molecule has 1 atom stereocenters. The number of benzene rings is 1. The van der Waals surface area contributed by atoms with Gasteiger partial charge in [-0.2, -0.15) is 0 Å². The van der Waals surface area contributed by atoms with E-state index >= 15 is 0 Å². The predicted molar refractivity (Wildman–Crippen MR) is 61.3 cm³/mol. The van der Waals surface area contributed by atoms with Crippen LogP contribution in [0.4, 0.5) is 0 Å². The second kappa shape index (κ2) is 3.50. The first-order chi connectivity index (χ1) is 6.61. The maximum absolute atomic E-state index is 11.9. The first kappa shape index (κ1) is 9.91. The Balaban J connectivity index is 2.64. The minimum Gasteiger partial charge on any atom is -0.293 e. The lowest BCUT2D eigenvalue weighted by Crippen LogP contribution is -2.24. The maximum Gasteiger partial charge on any atom is 0.177 e. The molecule has 2 heteroatoms. The Kier molecular flexibility index (Phi) is 2.48. The van der Waals surface area contributed by atoms with E-state index in [0.717, 1.165) is 24.0 Å². The lowest BCUT2D eigenvalue weighted by molar-refractivity contribution is 0.0981. The summed E-state index contributed by atoms with van der Waals surface area (Å²) in [6.07, 6.45) is 1.95. The van der Waals surface area contributed by atoms with E-state index in [1.807, 2.05) is 13.0 Å². The summed E-state index contributed by atoms with van der Waals surface area (Å²) in [6, 6.07) is 4.15. The van der Waals surface area contributed by atoms with E-state index in [1.165, 1.54) is 11.1 Å². The molecule has 14 heavy (non-hydrogen) atoms. The van der Waals surface area contributed by atoms with Gasteiger partial charge in [0.1, 0.15) is 0 Å². The molecular weight excluding hydrogens is 240 g/mol. The van der Waals surface area contributed by atoms with E-state index in [9.17, 15) is 4.79 Å². The Bertz CT molecular complexity index is 396. The summed E-state index contributed by atoms with van der Waals surface area (Å²) in [7, 11) is 0. The van der Waals surface area contributed by atoms with Crippen LogP contribution in [0.5, 0.6) is 0 Å². The third-order valence-electron chi connectivity index (χ3n) is 2.93. The van der Waals surface area contributed by atoms with Crippen LogP contribution < -0.4 is 0 Å². The van der Waals surface area contributed by atoms with Gasteiger partial charge >= 0.3 is 0 Å². The van der Waals surface area contributed by atoms with Gasteiger partial charge in [0.05, 0.1) is 4.83 Å². The molecule has 0 fully saturated rings. The molecule has 0 saturated heterocycles. The van der Waals surface area contributed by atoms with Gasteiger partial charge in [-0.3, -0.25) is 4.79 Å². The molecule has 0 bridgehead atoms. The van der Waals surface area contributed by atoms with Gasteiger partial charge < -0.3 is 0 Å². The fourth-order valence-electron chi connectivity index (χ4n) is 2.09. The highest BCUT2D eigenvalue weighted by molar-refractivity contribution is 9.10. The highest BCUT2D eigenvalue weighted by atomic mass is 79.9. The number of fused-ring (bicyclic) bond motifs is 1. The van der Waals surface area contributed by atoms with Crippen LogP contribution in [0, 0.1) is 13.8 Å². The third-order valence-corrected chi connectivity index (χ3v) is 3.81. The summed E-state index contributed by atoms with van der Waals surface area (Å²) in [5, 5.41) is 0. The van der Waals surface area contributed by atoms with Crippen LogP contribution in [0.3, 0.4) is 0 Å². The summed E-state index contributed by atoms with van der Waals surface area (Å²) in [6.45, 7) is 4.10. The molecule has 1 aromatic rings. The summed E-state index contributed by atoms with van der Waals surface area (Å²) in [5.74, 6) is 0.257. The molecule has 0 heterocycles. The molecule has 74 valence electrons. The SMILES string of the molecule is Cc1ccc(C)c2c1CCC(Br)C2=O. The Hall–Kier alpha value is -0.630. The largest absolute Gasteiger partial charge is 0.293 e. The average molecular weight is 253 g/mol. The lowest BCUT2D eigenvalue weighted by Gasteiger charge is -2.22. The number of Topliss-reactive ketones (excluding diaryl/α,β-unsaturated/α-hetero) is 1. The van der Waals surface area contributed by atoms with Crippen molar-refractivity contribution in [2.75, 3.05) is 0 Å². The normalized spacial score (nSPS) is 20.8. The van der Waals surface area contributed by atoms with E-state index in [4.69, 9.17) is 0 Å². The molecule has 1 aliphatic rings. The lowest BCUT2D eigenvalue weighted by atomic mass is 9.85. The number of ketones is 1. The van der Waals surface area contributed by atoms with E-state index in [-0.39, 0.29) is 10.6 Å². The minimum absolute atomic E-state index is 0.0236. The monoisotopic (exact) mass is 252 g/mol. The number of hydrogen-bond acceptors (Lipinski definition) is 1. The second-order valence-corrected chi connectivity index (χ2v) is 5.03. The van der Waals surface area contributed by atoms with Gasteiger partial charge in [0.15, 0.2) is 5.78 Å². The Morgan fingerprint density at radius 1 is 1.29 bits per heavy atom. The Labute approximate surface area is 92.6 Å². The highest BCUT2D eigenvalue weighted by Crippen LogP contribution is 2.30. The molecular formula is C12H13BrO. The molecule has 0 aliphatic heterocycles. The van der Waals surface area contributed by atoms with Crippen molar-refractivity contribution in [3.05, 3.63) is 34.4 Å². The third kappa shape index (κ3) is 1.42. The molecule has 0 aromatic heterocycles. The van der Waals surface area contributed by atoms with Crippen LogP contribution in [-0.4, -0.2) is 10.6 Å². The van der Waals surface area contributed by atoms with E-state index in [0.29, 0.717) is 0 Å². The molecule has 0 radical (unpaired) electrons. The topological polar surface area (TPSA) is 17.1 Å². The molecule has 0 spiro atoms. The summed E-state index contributed by atoms with van der Waals surface area (Å²) in [4.78, 5) is 12.0. The number of carbonyl (C=O) groups excluding carboxylic acids is 1. The maximum atomic E-state index is 11.9. The minimum atomic E-state index is 0.0236. The van der Waals surface area contributed by atoms with Crippen LogP contribution in [0.25, 0.3) is 0 Å². The summed E-state index contributed by atoms with van der Waals surface area (Å²) < 4.78 is 0.